The number of carbonyl (C=O) groups excluding carboxylic acids is 1. The second-order valence-electron chi connectivity index (χ2n) is 3.49. The van der Waals surface area contributed by atoms with Crippen LogP contribution in [0.5, 0.6) is 0 Å². The number of halogens is 2. The van der Waals surface area contributed by atoms with Crippen molar-refractivity contribution in [3.8, 4) is 0 Å². The first-order chi connectivity index (χ1) is 9.08. The molecule has 98 valence electrons. The molecule has 2 N–H and O–H groups in total. The van der Waals surface area contributed by atoms with Gasteiger partial charge in [0, 0.05) is 12.6 Å². The number of carbonyl (C=O) groups is 1. The van der Waals surface area contributed by atoms with Crippen molar-refractivity contribution >= 4 is 45.1 Å². The third kappa shape index (κ3) is 3.62. The zero-order valence-corrected chi connectivity index (χ0v) is 12.2. The first kappa shape index (κ1) is 13.7. The fraction of sp³-hybridized carbons (Fsp3) is 0.0909. The first-order valence-electron chi connectivity index (χ1n) is 5.22. The van der Waals surface area contributed by atoms with Gasteiger partial charge in [-0.15, -0.1) is 0 Å². The Labute approximate surface area is 122 Å². The monoisotopic (exact) mass is 341 g/mol. The van der Waals surface area contributed by atoms with Gasteiger partial charge in [-0.05, 0) is 28.1 Å². The first-order valence-corrected chi connectivity index (χ1v) is 6.40. The maximum absolute atomic E-state index is 12.0. The van der Waals surface area contributed by atoms with Crippen molar-refractivity contribution < 1.29 is 4.79 Å². The molecule has 2 rings (SSSR count). The highest BCUT2D eigenvalue weighted by Gasteiger charge is 2.10. The number of nitrogens with zero attached hydrogens (tertiary/aromatic N) is 3. The highest BCUT2D eigenvalue weighted by Crippen LogP contribution is 2.15. The summed E-state index contributed by atoms with van der Waals surface area (Å²) >= 11 is 9.00. The summed E-state index contributed by atoms with van der Waals surface area (Å²) in [5.41, 5.74) is 0.383. The van der Waals surface area contributed by atoms with E-state index in [4.69, 9.17) is 11.6 Å². The predicted molar refractivity (Wildman–Crippen MR) is 76.5 cm³/mol. The van der Waals surface area contributed by atoms with Crippen LogP contribution in [0.2, 0.25) is 5.15 Å². The molecule has 0 radical (unpaired) electrons. The van der Waals surface area contributed by atoms with Crippen LogP contribution < -0.4 is 10.6 Å². The van der Waals surface area contributed by atoms with Crippen molar-refractivity contribution in [1.29, 1.82) is 0 Å². The van der Waals surface area contributed by atoms with E-state index in [2.05, 4.69) is 41.5 Å². The Balaban J connectivity index is 2.20. The summed E-state index contributed by atoms with van der Waals surface area (Å²) in [6, 6.07) is 3.07. The topological polar surface area (TPSA) is 79.8 Å². The lowest BCUT2D eigenvalue weighted by Crippen LogP contribution is -2.13. The van der Waals surface area contributed by atoms with Gasteiger partial charge in [-0.25, -0.2) is 15.0 Å². The van der Waals surface area contributed by atoms with Gasteiger partial charge < -0.3 is 10.6 Å². The number of amides is 1. The Morgan fingerprint density at radius 1 is 1.26 bits per heavy atom. The molecular formula is C11H9BrClN5O. The molecule has 6 nitrogen and oxygen atoms in total. The molecule has 0 saturated carbocycles. The zero-order chi connectivity index (χ0) is 13.8. The molecule has 8 heteroatoms. The fourth-order valence-corrected chi connectivity index (χ4v) is 1.73. The smallest absolute Gasteiger partial charge is 0.257 e. The molecule has 0 aliphatic rings. The van der Waals surface area contributed by atoms with Crippen molar-refractivity contribution in [2.24, 2.45) is 0 Å². The summed E-state index contributed by atoms with van der Waals surface area (Å²) in [5.74, 6) is 0.532. The van der Waals surface area contributed by atoms with E-state index < -0.39 is 0 Å². The minimum Gasteiger partial charge on any atom is -0.373 e. The van der Waals surface area contributed by atoms with Gasteiger partial charge in [0.1, 0.15) is 15.6 Å². The van der Waals surface area contributed by atoms with Crippen molar-refractivity contribution in [3.63, 3.8) is 0 Å². The Morgan fingerprint density at radius 2 is 2.05 bits per heavy atom. The van der Waals surface area contributed by atoms with E-state index in [1.54, 1.807) is 13.1 Å². The van der Waals surface area contributed by atoms with Crippen LogP contribution >= 0.6 is 27.5 Å². The summed E-state index contributed by atoms with van der Waals surface area (Å²) in [4.78, 5) is 24.0. The van der Waals surface area contributed by atoms with Crippen molar-refractivity contribution in [3.05, 3.63) is 39.8 Å². The molecule has 0 bridgehead atoms. The van der Waals surface area contributed by atoms with Crippen molar-refractivity contribution in [2.75, 3.05) is 17.7 Å². The van der Waals surface area contributed by atoms with Gasteiger partial charge in [0.15, 0.2) is 5.82 Å². The zero-order valence-electron chi connectivity index (χ0n) is 9.82. The SMILES string of the molecule is CNc1cc(C(=O)Nc2cnc(Br)cn2)cc(Cl)n1. The summed E-state index contributed by atoms with van der Waals surface area (Å²) in [5, 5.41) is 5.68. The average Bonchev–Trinajstić information content (AvgIpc) is 2.40. The van der Waals surface area contributed by atoms with Crippen LogP contribution in [0.25, 0.3) is 0 Å². The molecule has 0 fully saturated rings. The highest BCUT2D eigenvalue weighted by atomic mass is 79.9. The minimum absolute atomic E-state index is 0.235. The van der Waals surface area contributed by atoms with Crippen LogP contribution in [-0.4, -0.2) is 27.9 Å². The Bertz CT molecular complexity index is 605. The second-order valence-corrected chi connectivity index (χ2v) is 4.69. The van der Waals surface area contributed by atoms with Crippen molar-refractivity contribution in [1.82, 2.24) is 15.0 Å². The van der Waals surface area contributed by atoms with E-state index in [-0.39, 0.29) is 11.1 Å². The number of nitrogens with one attached hydrogen (secondary N) is 2. The Hall–Kier alpha value is -1.73. The second kappa shape index (κ2) is 5.94. The number of aromatic nitrogens is 3. The maximum Gasteiger partial charge on any atom is 0.257 e. The third-order valence-electron chi connectivity index (χ3n) is 2.17. The van der Waals surface area contributed by atoms with E-state index in [0.29, 0.717) is 21.8 Å². The summed E-state index contributed by atoms with van der Waals surface area (Å²) in [7, 11) is 1.69. The van der Waals surface area contributed by atoms with Crippen LogP contribution in [0.4, 0.5) is 11.6 Å². The van der Waals surface area contributed by atoms with Crippen LogP contribution in [0.1, 0.15) is 10.4 Å². The van der Waals surface area contributed by atoms with Gasteiger partial charge in [-0.2, -0.15) is 0 Å². The minimum atomic E-state index is -0.336. The van der Waals surface area contributed by atoms with Crippen molar-refractivity contribution in [2.45, 2.75) is 0 Å². The lowest BCUT2D eigenvalue weighted by atomic mass is 10.2. The molecular weight excluding hydrogens is 334 g/mol. The Morgan fingerprint density at radius 3 is 2.68 bits per heavy atom. The van der Waals surface area contributed by atoms with Gasteiger partial charge in [-0.3, -0.25) is 4.79 Å². The standard InChI is InChI=1S/C11H9BrClN5O/c1-14-9-3-6(2-8(13)17-9)11(19)18-10-5-15-7(12)4-16-10/h2-5H,1H3,(H,14,17)(H,16,18,19). The molecule has 0 atom stereocenters. The molecule has 0 aliphatic carbocycles. The predicted octanol–water partition coefficient (Wildman–Crippen LogP) is 2.58. The fourth-order valence-electron chi connectivity index (χ4n) is 1.32. The van der Waals surface area contributed by atoms with Gasteiger partial charge in [-0.1, -0.05) is 11.6 Å². The molecule has 0 spiro atoms. The van der Waals surface area contributed by atoms with E-state index in [9.17, 15) is 4.79 Å². The normalized spacial score (nSPS) is 10.1. The molecule has 2 aromatic rings. The lowest BCUT2D eigenvalue weighted by Gasteiger charge is -2.06. The summed E-state index contributed by atoms with van der Waals surface area (Å²) < 4.78 is 0.593. The van der Waals surface area contributed by atoms with E-state index in [1.165, 1.54) is 18.5 Å². The highest BCUT2D eigenvalue weighted by molar-refractivity contribution is 9.10. The van der Waals surface area contributed by atoms with Gasteiger partial charge >= 0.3 is 0 Å². The molecule has 1 amide bonds. The number of anilines is 2. The van der Waals surface area contributed by atoms with Gasteiger partial charge in [0.25, 0.3) is 5.91 Å². The third-order valence-corrected chi connectivity index (χ3v) is 2.78. The summed E-state index contributed by atoms with van der Waals surface area (Å²) in [6.07, 6.45) is 2.94. The van der Waals surface area contributed by atoms with Crippen LogP contribution in [0.3, 0.4) is 0 Å². The molecule has 0 unspecified atom stereocenters. The van der Waals surface area contributed by atoms with Gasteiger partial charge in [0.2, 0.25) is 0 Å². The maximum atomic E-state index is 12.0. The number of rotatable bonds is 3. The lowest BCUT2D eigenvalue weighted by molar-refractivity contribution is 0.102. The van der Waals surface area contributed by atoms with Crippen LogP contribution in [0.15, 0.2) is 29.1 Å². The molecule has 0 aliphatic heterocycles. The number of pyridine rings is 1. The van der Waals surface area contributed by atoms with Gasteiger partial charge in [0.05, 0.1) is 12.4 Å². The molecule has 0 aromatic carbocycles. The van der Waals surface area contributed by atoms with E-state index in [1.807, 2.05) is 0 Å². The number of hydrogen-bond acceptors (Lipinski definition) is 5. The largest absolute Gasteiger partial charge is 0.373 e. The quantitative estimate of drug-likeness (QED) is 0.838. The van der Waals surface area contributed by atoms with Crippen LogP contribution in [0, 0.1) is 0 Å². The van der Waals surface area contributed by atoms with E-state index in [0.717, 1.165) is 0 Å². The molecule has 2 aromatic heterocycles. The summed E-state index contributed by atoms with van der Waals surface area (Å²) in [6.45, 7) is 0. The molecule has 0 saturated heterocycles. The van der Waals surface area contributed by atoms with E-state index >= 15 is 0 Å². The molecule has 19 heavy (non-hydrogen) atoms. The van der Waals surface area contributed by atoms with Crippen LogP contribution in [-0.2, 0) is 0 Å². The average molecular weight is 343 g/mol. The number of hydrogen-bond donors (Lipinski definition) is 2. The Kier molecular flexibility index (Phi) is 4.28. The molecule has 2 heterocycles.